The van der Waals surface area contributed by atoms with Gasteiger partial charge in [-0.2, -0.15) is 4.31 Å². The van der Waals surface area contributed by atoms with E-state index in [9.17, 15) is 12.8 Å². The average Bonchev–Trinajstić information content (AvgIpc) is 3.55. The zero-order valence-electron chi connectivity index (χ0n) is 18.0. The second-order valence-electron chi connectivity index (χ2n) is 8.43. The molecule has 2 fully saturated rings. The highest BCUT2D eigenvalue weighted by Crippen LogP contribution is 2.32. The number of rotatable bonds is 7. The van der Waals surface area contributed by atoms with E-state index in [0.717, 1.165) is 48.5 Å². The predicted octanol–water partition coefficient (Wildman–Crippen LogP) is 5.08. The molecule has 0 radical (unpaired) electrons. The molecule has 0 saturated carbocycles. The fourth-order valence-corrected chi connectivity index (χ4v) is 7.26. The van der Waals surface area contributed by atoms with Gasteiger partial charge in [-0.3, -0.25) is 0 Å². The summed E-state index contributed by atoms with van der Waals surface area (Å²) in [7, 11) is -3.52. The fourth-order valence-electron chi connectivity index (χ4n) is 4.39. The molecule has 0 aliphatic carbocycles. The molecular formula is C23H25ClFN3O3S2. The van der Waals surface area contributed by atoms with E-state index in [0.29, 0.717) is 35.9 Å². The van der Waals surface area contributed by atoms with Crippen molar-refractivity contribution in [3.8, 4) is 0 Å². The zero-order chi connectivity index (χ0) is 23.0. The van der Waals surface area contributed by atoms with Crippen molar-refractivity contribution in [2.45, 2.75) is 54.1 Å². The van der Waals surface area contributed by atoms with Gasteiger partial charge in [-0.25, -0.2) is 17.8 Å². The first-order chi connectivity index (χ1) is 15.9. The highest BCUT2D eigenvalue weighted by Gasteiger charge is 2.28. The zero-order valence-corrected chi connectivity index (χ0v) is 20.4. The summed E-state index contributed by atoms with van der Waals surface area (Å²) < 4.78 is 49.0. The number of benzene rings is 2. The lowest BCUT2D eigenvalue weighted by atomic mass is 10.2. The minimum atomic E-state index is -3.52. The topological polar surface area (TPSA) is 64.4 Å². The van der Waals surface area contributed by atoms with E-state index in [2.05, 4.69) is 4.57 Å². The van der Waals surface area contributed by atoms with Crippen LogP contribution in [-0.2, 0) is 27.1 Å². The van der Waals surface area contributed by atoms with Crippen molar-refractivity contribution in [1.29, 1.82) is 0 Å². The van der Waals surface area contributed by atoms with Gasteiger partial charge in [-0.15, -0.1) is 0 Å². The van der Waals surface area contributed by atoms with Gasteiger partial charge in [0.1, 0.15) is 5.82 Å². The van der Waals surface area contributed by atoms with E-state index in [-0.39, 0.29) is 16.8 Å². The Kier molecular flexibility index (Phi) is 6.68. The molecule has 1 atom stereocenters. The van der Waals surface area contributed by atoms with Crippen LogP contribution in [0.2, 0.25) is 5.02 Å². The molecule has 2 aromatic carbocycles. The number of thioether (sulfide) groups is 1. The van der Waals surface area contributed by atoms with Crippen LogP contribution in [0.15, 0.2) is 46.5 Å². The molecule has 33 heavy (non-hydrogen) atoms. The molecule has 2 aliphatic heterocycles. The minimum Gasteiger partial charge on any atom is -0.376 e. The normalized spacial score (nSPS) is 19.6. The first-order valence-corrected chi connectivity index (χ1v) is 13.9. The lowest BCUT2D eigenvalue weighted by molar-refractivity contribution is 0.0960. The van der Waals surface area contributed by atoms with E-state index in [4.69, 9.17) is 21.3 Å². The second kappa shape index (κ2) is 9.54. The van der Waals surface area contributed by atoms with Gasteiger partial charge in [0.15, 0.2) is 5.16 Å². The van der Waals surface area contributed by atoms with Crippen LogP contribution in [0, 0.1) is 5.82 Å². The van der Waals surface area contributed by atoms with Crippen molar-refractivity contribution in [3.63, 3.8) is 0 Å². The standard InChI is InChI=1S/C23H25ClFN3O3S2/c24-20-12-17(25)6-5-16(20)15-32-23-26-21-13-19(33(29,30)27-9-1-2-10-27)7-8-22(21)28(23)14-18-4-3-11-31-18/h5-8,12-13,18H,1-4,9-11,14-15H2/t18-/m1/s1. The number of fused-ring (bicyclic) bond motifs is 1. The lowest BCUT2D eigenvalue weighted by Crippen LogP contribution is -2.27. The molecule has 3 aromatic rings. The van der Waals surface area contributed by atoms with Crippen LogP contribution in [0.5, 0.6) is 0 Å². The molecule has 3 heterocycles. The van der Waals surface area contributed by atoms with Gasteiger partial charge in [0.05, 0.1) is 28.6 Å². The Labute approximate surface area is 202 Å². The van der Waals surface area contributed by atoms with Gasteiger partial charge < -0.3 is 9.30 Å². The summed E-state index contributed by atoms with van der Waals surface area (Å²) in [4.78, 5) is 5.06. The number of nitrogens with zero attached hydrogens (tertiary/aromatic N) is 3. The first-order valence-electron chi connectivity index (χ1n) is 11.1. The molecule has 0 N–H and O–H groups in total. The minimum absolute atomic E-state index is 0.101. The van der Waals surface area contributed by atoms with Crippen molar-refractivity contribution in [3.05, 3.63) is 52.8 Å². The number of hydrogen-bond donors (Lipinski definition) is 0. The van der Waals surface area contributed by atoms with Crippen LogP contribution in [0.1, 0.15) is 31.2 Å². The summed E-state index contributed by atoms with van der Waals surface area (Å²) in [5.74, 6) is 0.151. The molecule has 2 saturated heterocycles. The summed E-state index contributed by atoms with van der Waals surface area (Å²) >= 11 is 7.71. The van der Waals surface area contributed by atoms with Crippen molar-refractivity contribution in [2.24, 2.45) is 0 Å². The van der Waals surface area contributed by atoms with Crippen LogP contribution < -0.4 is 0 Å². The molecular weight excluding hydrogens is 485 g/mol. The fraction of sp³-hybridized carbons (Fsp3) is 0.435. The van der Waals surface area contributed by atoms with Gasteiger partial charge in [0.25, 0.3) is 0 Å². The Bertz CT molecular complexity index is 1270. The van der Waals surface area contributed by atoms with Crippen molar-refractivity contribution < 1.29 is 17.5 Å². The molecule has 0 amide bonds. The van der Waals surface area contributed by atoms with Gasteiger partial charge in [0.2, 0.25) is 10.0 Å². The van der Waals surface area contributed by atoms with Crippen LogP contribution in [0.3, 0.4) is 0 Å². The largest absolute Gasteiger partial charge is 0.376 e. The quantitative estimate of drug-likeness (QED) is 0.415. The summed E-state index contributed by atoms with van der Waals surface area (Å²) in [6.07, 6.45) is 3.90. The molecule has 0 bridgehead atoms. The number of ether oxygens (including phenoxy) is 1. The molecule has 10 heteroatoms. The van der Waals surface area contributed by atoms with Gasteiger partial charge in [0, 0.05) is 30.5 Å². The third-order valence-electron chi connectivity index (χ3n) is 6.17. The number of aromatic nitrogens is 2. The van der Waals surface area contributed by atoms with Crippen molar-refractivity contribution in [1.82, 2.24) is 13.9 Å². The maximum atomic E-state index is 13.4. The molecule has 6 nitrogen and oxygen atoms in total. The molecule has 0 unspecified atom stereocenters. The van der Waals surface area contributed by atoms with Crippen LogP contribution >= 0.6 is 23.4 Å². The van der Waals surface area contributed by atoms with Crippen LogP contribution in [0.25, 0.3) is 11.0 Å². The third-order valence-corrected chi connectivity index (χ3v) is 9.44. The number of sulfonamides is 1. The molecule has 1 aromatic heterocycles. The number of hydrogen-bond acceptors (Lipinski definition) is 5. The van der Waals surface area contributed by atoms with Gasteiger partial charge in [-0.05, 0) is 61.6 Å². The second-order valence-corrected chi connectivity index (χ2v) is 11.7. The molecule has 0 spiro atoms. The summed E-state index contributed by atoms with van der Waals surface area (Å²) in [5, 5.41) is 1.14. The number of imidazole rings is 1. The Hall–Kier alpha value is -1.65. The van der Waals surface area contributed by atoms with E-state index in [1.165, 1.54) is 23.9 Å². The molecule has 5 rings (SSSR count). The van der Waals surface area contributed by atoms with E-state index >= 15 is 0 Å². The van der Waals surface area contributed by atoms with E-state index in [1.807, 2.05) is 6.07 Å². The summed E-state index contributed by atoms with van der Waals surface area (Å²) in [5.41, 5.74) is 2.33. The van der Waals surface area contributed by atoms with E-state index < -0.39 is 10.0 Å². The average molecular weight is 510 g/mol. The molecule has 2 aliphatic rings. The highest BCUT2D eigenvalue weighted by molar-refractivity contribution is 7.98. The predicted molar refractivity (Wildman–Crippen MR) is 128 cm³/mol. The Morgan fingerprint density at radius 3 is 2.70 bits per heavy atom. The Morgan fingerprint density at radius 2 is 1.97 bits per heavy atom. The smallest absolute Gasteiger partial charge is 0.243 e. The monoisotopic (exact) mass is 509 g/mol. The van der Waals surface area contributed by atoms with Gasteiger partial charge in [-0.1, -0.05) is 29.4 Å². The van der Waals surface area contributed by atoms with Crippen molar-refractivity contribution in [2.75, 3.05) is 19.7 Å². The maximum Gasteiger partial charge on any atom is 0.243 e. The van der Waals surface area contributed by atoms with E-state index in [1.54, 1.807) is 22.5 Å². The lowest BCUT2D eigenvalue weighted by Gasteiger charge is -2.16. The Morgan fingerprint density at radius 1 is 1.15 bits per heavy atom. The van der Waals surface area contributed by atoms with Crippen LogP contribution in [0.4, 0.5) is 4.39 Å². The SMILES string of the molecule is O=S(=O)(c1ccc2c(c1)nc(SCc1ccc(F)cc1Cl)n2C[C@H]1CCCO1)N1CCCC1. The summed E-state index contributed by atoms with van der Waals surface area (Å²) in [6, 6.07) is 9.57. The molecule has 176 valence electrons. The third kappa shape index (κ3) is 4.79. The Balaban J connectivity index is 1.48. The number of halogens is 2. The first kappa shape index (κ1) is 23.1. The maximum absolute atomic E-state index is 13.4. The van der Waals surface area contributed by atoms with Crippen molar-refractivity contribution >= 4 is 44.4 Å². The summed E-state index contributed by atoms with van der Waals surface area (Å²) in [6.45, 7) is 2.53. The highest BCUT2D eigenvalue weighted by atomic mass is 35.5. The van der Waals surface area contributed by atoms with Gasteiger partial charge >= 0.3 is 0 Å². The van der Waals surface area contributed by atoms with Crippen LogP contribution in [-0.4, -0.2) is 48.1 Å².